The highest BCUT2D eigenvalue weighted by molar-refractivity contribution is 8.00. The average molecular weight is 351 g/mol. The number of carboxylic acids is 1. The van der Waals surface area contributed by atoms with Crippen LogP contribution in [0.5, 0.6) is 0 Å². The molecule has 2 heterocycles. The van der Waals surface area contributed by atoms with E-state index >= 15 is 0 Å². The van der Waals surface area contributed by atoms with Gasteiger partial charge in [0.15, 0.2) is 5.65 Å². The fourth-order valence-electron chi connectivity index (χ4n) is 2.23. The first kappa shape index (κ1) is 18.2. The molecule has 0 saturated heterocycles. The van der Waals surface area contributed by atoms with E-state index in [0.29, 0.717) is 12.2 Å². The van der Waals surface area contributed by atoms with Gasteiger partial charge in [-0.3, -0.25) is 13.9 Å². The first-order valence-corrected chi connectivity index (χ1v) is 8.35. The SMILES string of the molecule is CC(C)Cc1nc(S[C@@H](C)C(=O)[O-])c2c(=O)n(C)c(=O)n(C)c2n1. The number of aryl methyl sites for hydroxylation is 1. The summed E-state index contributed by atoms with van der Waals surface area (Å²) in [4.78, 5) is 44.4. The lowest BCUT2D eigenvalue weighted by atomic mass is 10.1. The predicted octanol–water partition coefficient (Wildman–Crippen LogP) is -0.544. The molecule has 2 rings (SSSR count). The van der Waals surface area contributed by atoms with Crippen LogP contribution < -0.4 is 16.4 Å². The molecule has 0 bridgehead atoms. The molecule has 0 aliphatic rings. The largest absolute Gasteiger partial charge is 0.549 e. The zero-order chi connectivity index (χ0) is 18.2. The third kappa shape index (κ3) is 3.35. The Morgan fingerprint density at radius 1 is 1.17 bits per heavy atom. The molecule has 0 aromatic carbocycles. The minimum absolute atomic E-state index is 0.144. The second kappa shape index (κ2) is 6.76. The number of fused-ring (bicyclic) bond motifs is 1. The smallest absolute Gasteiger partial charge is 0.332 e. The molecule has 0 N–H and O–H groups in total. The van der Waals surface area contributed by atoms with E-state index in [0.717, 1.165) is 16.3 Å². The summed E-state index contributed by atoms with van der Waals surface area (Å²) in [5.74, 6) is -0.518. The third-order valence-electron chi connectivity index (χ3n) is 3.52. The van der Waals surface area contributed by atoms with Crippen molar-refractivity contribution in [2.75, 3.05) is 0 Å². The Morgan fingerprint density at radius 3 is 2.33 bits per heavy atom. The number of carbonyl (C=O) groups is 1. The van der Waals surface area contributed by atoms with Crippen LogP contribution in [0.2, 0.25) is 0 Å². The number of hydrogen-bond donors (Lipinski definition) is 0. The number of rotatable bonds is 5. The quantitative estimate of drug-likeness (QED) is 0.525. The monoisotopic (exact) mass is 351 g/mol. The maximum absolute atomic E-state index is 12.5. The molecule has 0 spiro atoms. The van der Waals surface area contributed by atoms with Crippen LogP contribution >= 0.6 is 11.8 Å². The Hall–Kier alpha value is -2.16. The van der Waals surface area contributed by atoms with Gasteiger partial charge in [-0.25, -0.2) is 14.8 Å². The van der Waals surface area contributed by atoms with E-state index in [-0.39, 0.29) is 22.0 Å². The fraction of sp³-hybridized carbons (Fsp3) is 0.533. The zero-order valence-corrected chi connectivity index (χ0v) is 15.0. The maximum Gasteiger partial charge on any atom is 0.332 e. The van der Waals surface area contributed by atoms with Gasteiger partial charge < -0.3 is 9.90 Å². The van der Waals surface area contributed by atoms with E-state index in [1.807, 2.05) is 13.8 Å². The molecular weight excluding hydrogens is 332 g/mol. The fourth-order valence-corrected chi connectivity index (χ4v) is 3.11. The summed E-state index contributed by atoms with van der Waals surface area (Å²) in [6.45, 7) is 5.45. The van der Waals surface area contributed by atoms with E-state index < -0.39 is 22.5 Å². The number of thioether (sulfide) groups is 1. The van der Waals surface area contributed by atoms with Gasteiger partial charge in [0.05, 0.1) is 5.97 Å². The van der Waals surface area contributed by atoms with Crippen molar-refractivity contribution in [3.05, 3.63) is 26.7 Å². The maximum atomic E-state index is 12.5. The molecule has 0 unspecified atom stereocenters. The van der Waals surface area contributed by atoms with Crippen molar-refractivity contribution in [2.45, 2.75) is 37.5 Å². The Labute approximate surface area is 142 Å². The number of carbonyl (C=O) groups excluding carboxylic acids is 1. The van der Waals surface area contributed by atoms with Crippen LogP contribution in [0.3, 0.4) is 0 Å². The van der Waals surface area contributed by atoms with Crippen molar-refractivity contribution in [1.29, 1.82) is 0 Å². The van der Waals surface area contributed by atoms with Gasteiger partial charge in [0.25, 0.3) is 5.56 Å². The molecule has 0 aliphatic heterocycles. The molecule has 0 aliphatic carbocycles. The first-order chi connectivity index (χ1) is 11.1. The van der Waals surface area contributed by atoms with Gasteiger partial charge in [0.2, 0.25) is 0 Å². The zero-order valence-electron chi connectivity index (χ0n) is 14.2. The summed E-state index contributed by atoms with van der Waals surface area (Å²) in [6, 6.07) is 0. The summed E-state index contributed by atoms with van der Waals surface area (Å²) >= 11 is 0.918. The van der Waals surface area contributed by atoms with Gasteiger partial charge in [0, 0.05) is 25.8 Å². The van der Waals surface area contributed by atoms with Gasteiger partial charge in [-0.05, 0) is 12.8 Å². The van der Waals surface area contributed by atoms with Crippen LogP contribution in [0.25, 0.3) is 11.0 Å². The second-order valence-corrected chi connectivity index (χ2v) is 7.36. The van der Waals surface area contributed by atoms with Gasteiger partial charge in [0.1, 0.15) is 16.2 Å². The highest BCUT2D eigenvalue weighted by atomic mass is 32.2. The molecule has 130 valence electrons. The Kier molecular flexibility index (Phi) is 5.12. The second-order valence-electron chi connectivity index (χ2n) is 6.03. The van der Waals surface area contributed by atoms with Crippen molar-refractivity contribution >= 4 is 28.8 Å². The summed E-state index contributed by atoms with van der Waals surface area (Å²) in [6.07, 6.45) is 0.548. The summed E-state index contributed by atoms with van der Waals surface area (Å²) in [5, 5.41) is 10.6. The normalized spacial score (nSPS) is 12.8. The van der Waals surface area contributed by atoms with Crippen LogP contribution in [-0.2, 0) is 25.3 Å². The Morgan fingerprint density at radius 2 is 1.79 bits per heavy atom. The number of aliphatic carboxylic acids is 1. The molecule has 2 aromatic rings. The third-order valence-corrected chi connectivity index (χ3v) is 4.59. The molecule has 0 amide bonds. The van der Waals surface area contributed by atoms with Crippen LogP contribution in [-0.4, -0.2) is 30.3 Å². The van der Waals surface area contributed by atoms with E-state index in [2.05, 4.69) is 9.97 Å². The highest BCUT2D eigenvalue weighted by Gasteiger charge is 2.19. The molecule has 0 saturated carbocycles. The van der Waals surface area contributed by atoms with Gasteiger partial charge in [-0.1, -0.05) is 25.6 Å². The molecule has 0 radical (unpaired) electrons. The first-order valence-electron chi connectivity index (χ1n) is 7.47. The van der Waals surface area contributed by atoms with Crippen molar-refractivity contribution in [3.63, 3.8) is 0 Å². The van der Waals surface area contributed by atoms with Crippen LogP contribution in [0, 0.1) is 5.92 Å². The molecule has 24 heavy (non-hydrogen) atoms. The lowest BCUT2D eigenvalue weighted by molar-refractivity contribution is -0.304. The minimum Gasteiger partial charge on any atom is -0.549 e. The summed E-state index contributed by atoms with van der Waals surface area (Å²) in [7, 11) is 2.88. The van der Waals surface area contributed by atoms with E-state index in [1.165, 1.54) is 25.6 Å². The lowest BCUT2D eigenvalue weighted by Gasteiger charge is -2.15. The van der Waals surface area contributed by atoms with Gasteiger partial charge in [-0.15, -0.1) is 0 Å². The van der Waals surface area contributed by atoms with Crippen LogP contribution in [0.4, 0.5) is 0 Å². The number of aromatic nitrogens is 4. The van der Waals surface area contributed by atoms with E-state index in [1.54, 1.807) is 0 Å². The van der Waals surface area contributed by atoms with Crippen molar-refractivity contribution in [2.24, 2.45) is 20.0 Å². The average Bonchev–Trinajstić information content (AvgIpc) is 2.49. The standard InChI is InChI=1S/C15H20N4O4S/c1-7(2)6-9-16-11-10(12(17-9)24-8(3)14(21)22)13(20)19(5)15(23)18(11)4/h7-8H,6H2,1-5H3,(H,21,22)/p-1/t8-/m0/s1. The van der Waals surface area contributed by atoms with Gasteiger partial charge in [-0.2, -0.15) is 0 Å². The summed E-state index contributed by atoms with van der Waals surface area (Å²) < 4.78 is 2.23. The summed E-state index contributed by atoms with van der Waals surface area (Å²) in [5.41, 5.74) is -0.829. The predicted molar refractivity (Wildman–Crippen MR) is 88.9 cm³/mol. The molecule has 2 aromatic heterocycles. The van der Waals surface area contributed by atoms with Crippen LogP contribution in [0.15, 0.2) is 14.6 Å². The topological polar surface area (TPSA) is 110 Å². The van der Waals surface area contributed by atoms with Crippen LogP contribution in [0.1, 0.15) is 26.6 Å². The molecule has 1 atom stereocenters. The Bertz CT molecular complexity index is 916. The van der Waals surface area contributed by atoms with Gasteiger partial charge >= 0.3 is 5.69 Å². The molecule has 8 nitrogen and oxygen atoms in total. The number of carboxylic acid groups (broad SMARTS) is 1. The van der Waals surface area contributed by atoms with Crippen molar-refractivity contribution < 1.29 is 9.90 Å². The Balaban J connectivity index is 2.83. The van der Waals surface area contributed by atoms with E-state index in [4.69, 9.17) is 0 Å². The van der Waals surface area contributed by atoms with Crippen molar-refractivity contribution in [1.82, 2.24) is 19.1 Å². The molecule has 0 fully saturated rings. The minimum atomic E-state index is -1.25. The van der Waals surface area contributed by atoms with Crippen molar-refractivity contribution in [3.8, 4) is 0 Å². The molecular formula is C15H19N4O4S-. The van der Waals surface area contributed by atoms with E-state index in [9.17, 15) is 19.5 Å². The lowest BCUT2D eigenvalue weighted by Crippen LogP contribution is -2.38. The number of nitrogens with zero attached hydrogens (tertiary/aromatic N) is 4. The highest BCUT2D eigenvalue weighted by Crippen LogP contribution is 2.26. The number of hydrogen-bond acceptors (Lipinski definition) is 7. The molecule has 9 heteroatoms.